The third-order valence-electron chi connectivity index (χ3n) is 3.48. The summed E-state index contributed by atoms with van der Waals surface area (Å²) >= 11 is 1.43. The molecule has 1 aliphatic heterocycles. The molecule has 2 aliphatic rings. The third-order valence-corrected chi connectivity index (χ3v) is 4.61. The lowest BCUT2D eigenvalue weighted by atomic mass is 10.1. The lowest BCUT2D eigenvalue weighted by molar-refractivity contribution is -0.117. The van der Waals surface area contributed by atoms with E-state index in [-0.39, 0.29) is 17.8 Å². The van der Waals surface area contributed by atoms with Crippen LogP contribution in [0.4, 0.5) is 5.00 Å². The number of anilines is 1. The standard InChI is InChI=1S/C14H17NO4S/c1-2-19-14(17)11-9-5-6-18-7-10(9)20-13(11)15-12(16)8-3-4-8/h8H,2-7H2,1H3,(H,15,16). The van der Waals surface area contributed by atoms with Crippen LogP contribution in [0.5, 0.6) is 0 Å². The average molecular weight is 295 g/mol. The van der Waals surface area contributed by atoms with Crippen LogP contribution >= 0.6 is 11.3 Å². The van der Waals surface area contributed by atoms with Gasteiger partial charge in [-0.1, -0.05) is 0 Å². The summed E-state index contributed by atoms with van der Waals surface area (Å²) in [5.74, 6) is -0.228. The summed E-state index contributed by atoms with van der Waals surface area (Å²) in [6.07, 6.45) is 2.57. The van der Waals surface area contributed by atoms with Crippen molar-refractivity contribution in [3.63, 3.8) is 0 Å². The number of rotatable bonds is 4. The Morgan fingerprint density at radius 3 is 2.95 bits per heavy atom. The van der Waals surface area contributed by atoms with Gasteiger partial charge in [-0.2, -0.15) is 0 Å². The average Bonchev–Trinajstić information content (AvgIpc) is 3.21. The largest absolute Gasteiger partial charge is 0.462 e. The highest BCUT2D eigenvalue weighted by molar-refractivity contribution is 7.17. The zero-order chi connectivity index (χ0) is 14.1. The van der Waals surface area contributed by atoms with E-state index in [9.17, 15) is 9.59 Å². The number of hydrogen-bond donors (Lipinski definition) is 1. The highest BCUT2D eigenvalue weighted by Crippen LogP contribution is 2.38. The van der Waals surface area contributed by atoms with Crippen molar-refractivity contribution in [2.75, 3.05) is 18.5 Å². The Balaban J connectivity index is 1.91. The maximum absolute atomic E-state index is 12.2. The molecular weight excluding hydrogens is 278 g/mol. The number of thiophene rings is 1. The molecule has 3 rings (SSSR count). The predicted molar refractivity (Wildman–Crippen MR) is 75.0 cm³/mol. The minimum atomic E-state index is -0.349. The van der Waals surface area contributed by atoms with Gasteiger partial charge in [0.25, 0.3) is 0 Å². The van der Waals surface area contributed by atoms with E-state index < -0.39 is 0 Å². The molecule has 5 nitrogen and oxygen atoms in total. The summed E-state index contributed by atoms with van der Waals surface area (Å²) in [5.41, 5.74) is 1.51. The molecule has 0 aromatic carbocycles. The number of esters is 1. The molecule has 6 heteroatoms. The molecule has 0 unspecified atom stereocenters. The molecule has 0 spiro atoms. The number of nitrogens with one attached hydrogen (secondary N) is 1. The van der Waals surface area contributed by atoms with Crippen molar-refractivity contribution in [3.05, 3.63) is 16.0 Å². The Bertz CT molecular complexity index is 548. The van der Waals surface area contributed by atoms with Crippen molar-refractivity contribution in [1.82, 2.24) is 0 Å². The first kappa shape index (κ1) is 13.6. The first-order chi connectivity index (χ1) is 9.70. The molecule has 1 amide bonds. The summed E-state index contributed by atoms with van der Waals surface area (Å²) in [4.78, 5) is 25.1. The molecule has 0 bridgehead atoms. The van der Waals surface area contributed by atoms with Gasteiger partial charge in [-0.25, -0.2) is 4.79 Å². The van der Waals surface area contributed by atoms with E-state index >= 15 is 0 Å². The monoisotopic (exact) mass is 295 g/mol. The molecule has 0 radical (unpaired) electrons. The fourth-order valence-electron chi connectivity index (χ4n) is 2.30. The van der Waals surface area contributed by atoms with Gasteiger partial charge in [0.15, 0.2) is 0 Å². The third kappa shape index (κ3) is 2.58. The van der Waals surface area contributed by atoms with Crippen molar-refractivity contribution in [2.45, 2.75) is 32.8 Å². The number of ether oxygens (including phenoxy) is 2. The van der Waals surface area contributed by atoms with Crippen LogP contribution in [0.1, 0.15) is 40.6 Å². The smallest absolute Gasteiger partial charge is 0.341 e. The molecule has 1 fully saturated rings. The summed E-state index contributed by atoms with van der Waals surface area (Å²) in [6.45, 7) is 3.22. The van der Waals surface area contributed by atoms with Crippen molar-refractivity contribution < 1.29 is 19.1 Å². The van der Waals surface area contributed by atoms with E-state index in [0.717, 1.165) is 23.3 Å². The molecule has 1 aliphatic carbocycles. The van der Waals surface area contributed by atoms with E-state index in [0.29, 0.717) is 36.8 Å². The Hall–Kier alpha value is -1.40. The second-order valence-corrected chi connectivity index (χ2v) is 6.10. The molecule has 1 aromatic rings. The van der Waals surface area contributed by atoms with Gasteiger partial charge in [0.2, 0.25) is 5.91 Å². The van der Waals surface area contributed by atoms with E-state index in [4.69, 9.17) is 9.47 Å². The molecule has 20 heavy (non-hydrogen) atoms. The minimum Gasteiger partial charge on any atom is -0.462 e. The molecule has 1 saturated carbocycles. The Morgan fingerprint density at radius 2 is 2.25 bits per heavy atom. The van der Waals surface area contributed by atoms with Gasteiger partial charge in [0.05, 0.1) is 25.4 Å². The summed E-state index contributed by atoms with van der Waals surface area (Å²) in [7, 11) is 0. The second-order valence-electron chi connectivity index (χ2n) is 4.99. The minimum absolute atomic E-state index is 0.00932. The first-order valence-electron chi connectivity index (χ1n) is 6.91. The number of hydrogen-bond acceptors (Lipinski definition) is 5. The molecule has 1 N–H and O–H groups in total. The molecule has 2 heterocycles. The van der Waals surface area contributed by atoms with Crippen molar-refractivity contribution in [3.8, 4) is 0 Å². The Morgan fingerprint density at radius 1 is 1.45 bits per heavy atom. The van der Waals surface area contributed by atoms with Gasteiger partial charge in [0, 0.05) is 10.8 Å². The van der Waals surface area contributed by atoms with Crippen LogP contribution in [0.15, 0.2) is 0 Å². The van der Waals surface area contributed by atoms with Crippen molar-refractivity contribution in [2.24, 2.45) is 5.92 Å². The van der Waals surface area contributed by atoms with E-state index in [1.165, 1.54) is 11.3 Å². The lowest BCUT2D eigenvalue weighted by Crippen LogP contribution is -2.17. The molecule has 1 aromatic heterocycles. The second kappa shape index (κ2) is 5.54. The van der Waals surface area contributed by atoms with Crippen LogP contribution in [-0.4, -0.2) is 25.1 Å². The quantitative estimate of drug-likeness (QED) is 0.866. The van der Waals surface area contributed by atoms with Crippen molar-refractivity contribution >= 4 is 28.2 Å². The molecule has 0 atom stereocenters. The maximum atomic E-state index is 12.2. The van der Waals surface area contributed by atoms with Crippen LogP contribution in [-0.2, 0) is 27.3 Å². The van der Waals surface area contributed by atoms with Gasteiger partial charge < -0.3 is 14.8 Å². The fourth-order valence-corrected chi connectivity index (χ4v) is 3.48. The van der Waals surface area contributed by atoms with Gasteiger partial charge >= 0.3 is 5.97 Å². The van der Waals surface area contributed by atoms with Crippen LogP contribution in [0.3, 0.4) is 0 Å². The summed E-state index contributed by atoms with van der Waals surface area (Å²) in [5, 5.41) is 3.51. The highest BCUT2D eigenvalue weighted by atomic mass is 32.1. The number of carbonyl (C=O) groups excluding carboxylic acids is 2. The number of fused-ring (bicyclic) bond motifs is 1. The maximum Gasteiger partial charge on any atom is 0.341 e. The van der Waals surface area contributed by atoms with E-state index in [2.05, 4.69) is 5.32 Å². The Kier molecular flexibility index (Phi) is 3.76. The summed E-state index contributed by atoms with van der Waals surface area (Å²) < 4.78 is 10.5. The Labute approximate surface area is 121 Å². The molecule has 0 saturated heterocycles. The number of amides is 1. The zero-order valence-corrected chi connectivity index (χ0v) is 12.2. The summed E-state index contributed by atoms with van der Waals surface area (Å²) in [6, 6.07) is 0. The molecule has 108 valence electrons. The van der Waals surface area contributed by atoms with Gasteiger partial charge in [-0.05, 0) is 31.7 Å². The van der Waals surface area contributed by atoms with Crippen LogP contribution in [0.25, 0.3) is 0 Å². The van der Waals surface area contributed by atoms with Crippen LogP contribution in [0.2, 0.25) is 0 Å². The first-order valence-corrected chi connectivity index (χ1v) is 7.72. The predicted octanol–water partition coefficient (Wildman–Crippen LogP) is 2.35. The van der Waals surface area contributed by atoms with Crippen molar-refractivity contribution in [1.29, 1.82) is 0 Å². The van der Waals surface area contributed by atoms with Crippen LogP contribution in [0, 0.1) is 5.92 Å². The number of carbonyl (C=O) groups is 2. The van der Waals surface area contributed by atoms with E-state index in [1.807, 2.05) is 0 Å². The highest BCUT2D eigenvalue weighted by Gasteiger charge is 2.33. The lowest BCUT2D eigenvalue weighted by Gasteiger charge is -2.13. The van der Waals surface area contributed by atoms with E-state index in [1.54, 1.807) is 6.92 Å². The van der Waals surface area contributed by atoms with Gasteiger partial charge in [0.1, 0.15) is 5.00 Å². The fraction of sp³-hybridized carbons (Fsp3) is 0.571. The van der Waals surface area contributed by atoms with Gasteiger partial charge in [-0.15, -0.1) is 11.3 Å². The SMILES string of the molecule is CCOC(=O)c1c(NC(=O)C2CC2)sc2c1CCOC2. The topological polar surface area (TPSA) is 64.6 Å². The van der Waals surface area contributed by atoms with Crippen LogP contribution < -0.4 is 5.32 Å². The zero-order valence-electron chi connectivity index (χ0n) is 11.4. The molecular formula is C14H17NO4S. The van der Waals surface area contributed by atoms with Gasteiger partial charge in [-0.3, -0.25) is 4.79 Å². The normalized spacial score (nSPS) is 17.4.